The second kappa shape index (κ2) is 13.6. The van der Waals surface area contributed by atoms with Gasteiger partial charge in [0.2, 0.25) is 21.8 Å². The number of hydrogen-bond acceptors (Lipinski definition) is 4. The molecule has 0 heterocycles. The molecule has 3 aromatic rings. The zero-order valence-electron chi connectivity index (χ0n) is 21.3. The zero-order valence-corrected chi connectivity index (χ0v) is 23.6. The first-order valence-electron chi connectivity index (χ1n) is 12.2. The van der Waals surface area contributed by atoms with E-state index in [4.69, 9.17) is 23.2 Å². The molecule has 1 atom stereocenters. The van der Waals surface area contributed by atoms with Gasteiger partial charge in [-0.2, -0.15) is 0 Å². The van der Waals surface area contributed by atoms with E-state index in [9.17, 15) is 18.0 Å². The molecule has 0 aliphatic carbocycles. The molecule has 0 aromatic heterocycles. The highest BCUT2D eigenvalue weighted by atomic mass is 35.5. The molecule has 10 heteroatoms. The second-order valence-corrected chi connectivity index (χ2v) is 11.7. The van der Waals surface area contributed by atoms with Crippen LogP contribution in [0.4, 0.5) is 5.69 Å². The van der Waals surface area contributed by atoms with Crippen LogP contribution in [0.3, 0.4) is 0 Å². The van der Waals surface area contributed by atoms with Crippen LogP contribution in [0.5, 0.6) is 0 Å². The van der Waals surface area contributed by atoms with Crippen molar-refractivity contribution in [3.8, 4) is 0 Å². The first-order valence-corrected chi connectivity index (χ1v) is 14.8. The third kappa shape index (κ3) is 8.48. The third-order valence-corrected chi connectivity index (χ3v) is 7.48. The standard InChI is InChI=1S/C28H31Cl2N3O4S/c1-3-16-31-28(35)26(18-21-8-5-4-6-9-21)32(19-22-10-7-11-24(30)17-22)27(34)20-33(38(2,36)37)25-14-12-23(29)13-15-25/h4-15,17,26H,3,16,18-20H2,1-2H3,(H,31,35)/t26-/m1/s1. The molecule has 1 N–H and O–H groups in total. The number of rotatable bonds is 12. The fourth-order valence-electron chi connectivity index (χ4n) is 3.97. The number of carbonyl (C=O) groups excluding carboxylic acids is 2. The number of hydrogen-bond donors (Lipinski definition) is 1. The van der Waals surface area contributed by atoms with Crippen LogP contribution in [0, 0.1) is 0 Å². The van der Waals surface area contributed by atoms with Crippen molar-refractivity contribution < 1.29 is 18.0 Å². The number of nitrogens with one attached hydrogen (secondary N) is 1. The molecule has 0 radical (unpaired) electrons. The van der Waals surface area contributed by atoms with E-state index in [-0.39, 0.29) is 18.9 Å². The Morgan fingerprint density at radius 2 is 1.55 bits per heavy atom. The molecule has 0 saturated heterocycles. The van der Waals surface area contributed by atoms with Crippen LogP contribution in [0.15, 0.2) is 78.9 Å². The highest BCUT2D eigenvalue weighted by Crippen LogP contribution is 2.23. The van der Waals surface area contributed by atoms with Crippen LogP contribution >= 0.6 is 23.2 Å². The van der Waals surface area contributed by atoms with Crippen molar-refractivity contribution in [2.24, 2.45) is 0 Å². The Labute approximate surface area is 234 Å². The van der Waals surface area contributed by atoms with E-state index >= 15 is 0 Å². The van der Waals surface area contributed by atoms with E-state index in [0.29, 0.717) is 27.8 Å². The van der Waals surface area contributed by atoms with Crippen molar-refractivity contribution >= 4 is 50.7 Å². The fourth-order valence-corrected chi connectivity index (χ4v) is 5.16. The zero-order chi connectivity index (χ0) is 27.7. The number of benzene rings is 3. The summed E-state index contributed by atoms with van der Waals surface area (Å²) in [6.07, 6.45) is 2.01. The lowest BCUT2D eigenvalue weighted by molar-refractivity contribution is -0.140. The molecule has 3 rings (SSSR count). The Morgan fingerprint density at radius 1 is 0.895 bits per heavy atom. The highest BCUT2D eigenvalue weighted by molar-refractivity contribution is 7.92. The van der Waals surface area contributed by atoms with Gasteiger partial charge in [0.25, 0.3) is 0 Å². The Hall–Kier alpha value is -3.07. The third-order valence-electron chi connectivity index (χ3n) is 5.86. The number of anilines is 1. The normalized spacial score (nSPS) is 12.0. The van der Waals surface area contributed by atoms with Gasteiger partial charge in [-0.25, -0.2) is 8.42 Å². The lowest BCUT2D eigenvalue weighted by atomic mass is 10.0. The quantitative estimate of drug-likeness (QED) is 0.332. The first kappa shape index (κ1) is 29.5. The minimum Gasteiger partial charge on any atom is -0.354 e. The minimum absolute atomic E-state index is 0.0641. The largest absolute Gasteiger partial charge is 0.354 e. The van der Waals surface area contributed by atoms with Crippen LogP contribution in [0.25, 0.3) is 0 Å². The molecule has 0 aliphatic heterocycles. The summed E-state index contributed by atoms with van der Waals surface area (Å²) in [7, 11) is -3.84. The van der Waals surface area contributed by atoms with Gasteiger partial charge in [0.15, 0.2) is 0 Å². The molecular weight excluding hydrogens is 545 g/mol. The monoisotopic (exact) mass is 575 g/mol. The lowest BCUT2D eigenvalue weighted by Gasteiger charge is -2.33. The Balaban J connectivity index is 2.03. The molecular formula is C28H31Cl2N3O4S. The summed E-state index contributed by atoms with van der Waals surface area (Å²) in [5.41, 5.74) is 1.87. The van der Waals surface area contributed by atoms with Gasteiger partial charge in [0, 0.05) is 29.6 Å². The molecule has 202 valence electrons. The summed E-state index contributed by atoms with van der Waals surface area (Å²) < 4.78 is 26.5. The minimum atomic E-state index is -3.84. The predicted octanol–water partition coefficient (Wildman–Crippen LogP) is 4.93. The van der Waals surface area contributed by atoms with Gasteiger partial charge >= 0.3 is 0 Å². The number of nitrogens with zero attached hydrogens (tertiary/aromatic N) is 2. The molecule has 38 heavy (non-hydrogen) atoms. The highest BCUT2D eigenvalue weighted by Gasteiger charge is 2.33. The summed E-state index contributed by atoms with van der Waals surface area (Å²) in [6, 6.07) is 21.7. The van der Waals surface area contributed by atoms with E-state index in [1.165, 1.54) is 17.0 Å². The van der Waals surface area contributed by atoms with Crippen LogP contribution in [-0.2, 0) is 32.6 Å². The lowest BCUT2D eigenvalue weighted by Crippen LogP contribution is -2.53. The number of halogens is 2. The van der Waals surface area contributed by atoms with Crippen LogP contribution in [0.1, 0.15) is 24.5 Å². The molecule has 0 spiro atoms. The fraction of sp³-hybridized carbons (Fsp3) is 0.286. The van der Waals surface area contributed by atoms with Crippen LogP contribution < -0.4 is 9.62 Å². The maximum absolute atomic E-state index is 13.9. The summed E-state index contributed by atoms with van der Waals surface area (Å²) in [5.74, 6) is -0.846. The Bertz CT molecular complexity index is 1340. The van der Waals surface area contributed by atoms with E-state index in [1.807, 2.05) is 43.3 Å². The van der Waals surface area contributed by atoms with Gasteiger partial charge in [0.05, 0.1) is 11.9 Å². The average Bonchev–Trinajstić information content (AvgIpc) is 2.88. The molecule has 0 saturated carbocycles. The van der Waals surface area contributed by atoms with E-state index in [1.54, 1.807) is 30.3 Å². The molecule has 0 bridgehead atoms. The van der Waals surface area contributed by atoms with Gasteiger partial charge in [0.1, 0.15) is 12.6 Å². The smallest absolute Gasteiger partial charge is 0.244 e. The van der Waals surface area contributed by atoms with Crippen LogP contribution in [-0.4, -0.2) is 50.5 Å². The van der Waals surface area contributed by atoms with E-state index in [0.717, 1.165) is 22.5 Å². The number of carbonyl (C=O) groups is 2. The predicted molar refractivity (Wildman–Crippen MR) is 153 cm³/mol. The molecule has 0 aliphatic rings. The molecule has 7 nitrogen and oxygen atoms in total. The van der Waals surface area contributed by atoms with Crippen molar-refractivity contribution in [2.75, 3.05) is 23.7 Å². The van der Waals surface area contributed by atoms with Crippen molar-refractivity contribution in [1.82, 2.24) is 10.2 Å². The molecule has 3 aromatic carbocycles. The van der Waals surface area contributed by atoms with Gasteiger partial charge in [-0.15, -0.1) is 0 Å². The molecule has 2 amide bonds. The van der Waals surface area contributed by atoms with Crippen molar-refractivity contribution in [3.05, 3.63) is 100 Å². The number of amides is 2. The van der Waals surface area contributed by atoms with Gasteiger partial charge in [-0.1, -0.05) is 72.6 Å². The Kier molecular flexibility index (Phi) is 10.6. The summed E-state index contributed by atoms with van der Waals surface area (Å²) in [6.45, 7) is 1.96. The van der Waals surface area contributed by atoms with E-state index < -0.39 is 28.5 Å². The van der Waals surface area contributed by atoms with Gasteiger partial charge in [-0.05, 0) is 53.9 Å². The van der Waals surface area contributed by atoms with Gasteiger partial charge in [-0.3, -0.25) is 13.9 Å². The summed E-state index contributed by atoms with van der Waals surface area (Å²) in [4.78, 5) is 28.8. The summed E-state index contributed by atoms with van der Waals surface area (Å²) >= 11 is 12.2. The first-order chi connectivity index (χ1) is 18.1. The van der Waals surface area contributed by atoms with Crippen molar-refractivity contribution in [3.63, 3.8) is 0 Å². The van der Waals surface area contributed by atoms with Crippen molar-refractivity contribution in [2.45, 2.75) is 32.4 Å². The maximum atomic E-state index is 13.9. The topological polar surface area (TPSA) is 86.8 Å². The van der Waals surface area contributed by atoms with Crippen molar-refractivity contribution in [1.29, 1.82) is 0 Å². The summed E-state index contributed by atoms with van der Waals surface area (Å²) in [5, 5.41) is 3.83. The average molecular weight is 577 g/mol. The molecule has 0 fully saturated rings. The SMILES string of the molecule is CCCNC(=O)[C@@H](Cc1ccccc1)N(Cc1cccc(Cl)c1)C(=O)CN(c1ccc(Cl)cc1)S(C)(=O)=O. The molecule has 0 unspecified atom stereocenters. The maximum Gasteiger partial charge on any atom is 0.244 e. The van der Waals surface area contributed by atoms with Gasteiger partial charge < -0.3 is 10.2 Å². The number of sulfonamides is 1. The Morgan fingerprint density at radius 3 is 2.16 bits per heavy atom. The second-order valence-electron chi connectivity index (χ2n) is 8.89. The van der Waals surface area contributed by atoms with Crippen LogP contribution in [0.2, 0.25) is 10.0 Å². The van der Waals surface area contributed by atoms with E-state index in [2.05, 4.69) is 5.32 Å².